The molecule has 5 heteroatoms. The number of unbranched alkanes of at least 4 members (excludes halogenated alkanes) is 2. The summed E-state index contributed by atoms with van der Waals surface area (Å²) in [5.74, 6) is 2.80. The Morgan fingerprint density at radius 3 is 2.43 bits per heavy atom. The first-order valence-electron chi connectivity index (χ1n) is 13.4. The van der Waals surface area contributed by atoms with Crippen molar-refractivity contribution in [2.24, 2.45) is 5.92 Å². The van der Waals surface area contributed by atoms with Crippen LogP contribution in [-0.4, -0.2) is 26.4 Å². The van der Waals surface area contributed by atoms with Crippen LogP contribution in [0.15, 0.2) is 47.5 Å². The Morgan fingerprint density at radius 2 is 1.77 bits per heavy atom. The van der Waals surface area contributed by atoms with E-state index in [0.717, 1.165) is 34.3 Å². The van der Waals surface area contributed by atoms with Crippen LogP contribution in [0.25, 0.3) is 10.9 Å². The van der Waals surface area contributed by atoms with Crippen LogP contribution in [0.4, 0.5) is 0 Å². The molecular formula is C30H44N2O2S. The minimum atomic E-state index is -0.764. The fraction of sp³-hybridized carbons (Fsp3) is 0.567. The lowest BCUT2D eigenvalue weighted by atomic mass is 9.92. The third-order valence-electron chi connectivity index (χ3n) is 6.45. The van der Waals surface area contributed by atoms with Gasteiger partial charge in [0, 0.05) is 34.1 Å². The summed E-state index contributed by atoms with van der Waals surface area (Å²) in [5.41, 5.74) is 2.37. The van der Waals surface area contributed by atoms with E-state index >= 15 is 0 Å². The van der Waals surface area contributed by atoms with Gasteiger partial charge in [0.25, 0.3) is 0 Å². The molecule has 0 spiro atoms. The van der Waals surface area contributed by atoms with Crippen LogP contribution in [0.1, 0.15) is 90.4 Å². The van der Waals surface area contributed by atoms with Crippen LogP contribution in [0.2, 0.25) is 0 Å². The van der Waals surface area contributed by atoms with Gasteiger partial charge in [-0.15, -0.1) is 11.8 Å². The summed E-state index contributed by atoms with van der Waals surface area (Å²) >= 11 is 1.93. The highest BCUT2D eigenvalue weighted by molar-refractivity contribution is 7.99. The molecule has 0 amide bonds. The van der Waals surface area contributed by atoms with Gasteiger partial charge in [-0.2, -0.15) is 0 Å². The number of thioether (sulfide) groups is 1. The second-order valence-electron chi connectivity index (χ2n) is 10.4. The van der Waals surface area contributed by atoms with Gasteiger partial charge in [-0.1, -0.05) is 58.4 Å². The molecule has 0 saturated heterocycles. The van der Waals surface area contributed by atoms with Crippen molar-refractivity contribution in [3.63, 3.8) is 0 Å². The number of nitrogens with one attached hydrogen (secondary N) is 1. The van der Waals surface area contributed by atoms with Crippen molar-refractivity contribution < 1.29 is 9.84 Å². The number of aliphatic hydroxyl groups is 1. The smallest absolute Gasteiger partial charge is 0.130 e. The molecular weight excluding hydrogens is 452 g/mol. The fourth-order valence-electron chi connectivity index (χ4n) is 4.62. The lowest BCUT2D eigenvalue weighted by molar-refractivity contribution is 0.0795. The zero-order chi connectivity index (χ0) is 25.1. The monoisotopic (exact) mass is 496 g/mol. The predicted octanol–water partition coefficient (Wildman–Crippen LogP) is 8.32. The third kappa shape index (κ3) is 9.20. The van der Waals surface area contributed by atoms with Gasteiger partial charge in [0.1, 0.15) is 12.4 Å². The maximum absolute atomic E-state index is 10.5. The predicted molar refractivity (Wildman–Crippen MR) is 149 cm³/mol. The first-order valence-corrected chi connectivity index (χ1v) is 14.4. The number of ether oxygens (including phenoxy) is 1. The van der Waals surface area contributed by atoms with Crippen LogP contribution in [0, 0.1) is 5.92 Å². The van der Waals surface area contributed by atoms with E-state index < -0.39 is 5.60 Å². The van der Waals surface area contributed by atoms with Gasteiger partial charge in [-0.3, -0.25) is 4.98 Å². The third-order valence-corrected chi connectivity index (χ3v) is 7.70. The van der Waals surface area contributed by atoms with E-state index in [-0.39, 0.29) is 0 Å². The Kier molecular flexibility index (Phi) is 11.0. The molecule has 0 bridgehead atoms. The number of hydrogen-bond acceptors (Lipinski definition) is 4. The van der Waals surface area contributed by atoms with Gasteiger partial charge in [0.05, 0.1) is 11.3 Å². The van der Waals surface area contributed by atoms with Crippen LogP contribution in [0.5, 0.6) is 5.75 Å². The number of nitrogens with zero attached hydrogens (tertiary/aromatic N) is 1. The second kappa shape index (κ2) is 13.9. The van der Waals surface area contributed by atoms with E-state index in [9.17, 15) is 5.11 Å². The van der Waals surface area contributed by atoms with Crippen molar-refractivity contribution in [3.8, 4) is 5.75 Å². The fourth-order valence-corrected chi connectivity index (χ4v) is 5.76. The molecule has 0 unspecified atom stereocenters. The Balaban J connectivity index is 1.71. The van der Waals surface area contributed by atoms with E-state index in [1.54, 1.807) is 6.20 Å². The molecule has 0 atom stereocenters. The SMILES string of the molecule is CCCCC(CCCC)CCCSc1c(CC(C)(C)O)[nH]c2ccc(OCc3ccccn3)cc12. The molecule has 192 valence electrons. The molecule has 0 radical (unpaired) electrons. The summed E-state index contributed by atoms with van der Waals surface area (Å²) in [6, 6.07) is 12.1. The highest BCUT2D eigenvalue weighted by Gasteiger charge is 2.20. The number of pyridine rings is 1. The van der Waals surface area contributed by atoms with Crippen molar-refractivity contribution in [2.45, 2.75) is 103 Å². The van der Waals surface area contributed by atoms with E-state index in [2.05, 4.69) is 35.9 Å². The maximum atomic E-state index is 10.5. The molecule has 0 aliphatic carbocycles. The molecule has 0 fully saturated rings. The molecule has 4 nitrogen and oxygen atoms in total. The number of rotatable bonds is 16. The average Bonchev–Trinajstić information content (AvgIpc) is 3.16. The highest BCUT2D eigenvalue weighted by Crippen LogP contribution is 2.36. The first-order chi connectivity index (χ1) is 16.9. The molecule has 3 rings (SSSR count). The molecule has 0 aliphatic heterocycles. The summed E-state index contributed by atoms with van der Waals surface area (Å²) < 4.78 is 6.06. The van der Waals surface area contributed by atoms with Crippen molar-refractivity contribution in [1.82, 2.24) is 9.97 Å². The minimum Gasteiger partial charge on any atom is -0.487 e. The van der Waals surface area contributed by atoms with Gasteiger partial charge in [-0.25, -0.2) is 0 Å². The Hall–Kier alpha value is -1.98. The normalized spacial score (nSPS) is 12.1. The number of aromatic amines is 1. The summed E-state index contributed by atoms with van der Waals surface area (Å²) in [6.45, 7) is 8.79. The molecule has 1 aromatic carbocycles. The Labute approximate surface area is 216 Å². The minimum absolute atomic E-state index is 0.451. The van der Waals surface area contributed by atoms with Crippen LogP contribution >= 0.6 is 11.8 Å². The number of aromatic nitrogens is 2. The topological polar surface area (TPSA) is 58.1 Å². The van der Waals surface area contributed by atoms with E-state index in [1.165, 1.54) is 61.6 Å². The van der Waals surface area contributed by atoms with Gasteiger partial charge in [0.2, 0.25) is 0 Å². The zero-order valence-electron chi connectivity index (χ0n) is 22.1. The Morgan fingerprint density at radius 1 is 1.03 bits per heavy atom. The van der Waals surface area contributed by atoms with Crippen LogP contribution < -0.4 is 4.74 Å². The second-order valence-corrected chi connectivity index (χ2v) is 11.5. The maximum Gasteiger partial charge on any atom is 0.130 e. The first kappa shape index (κ1) is 27.6. The molecule has 2 aromatic heterocycles. The molecule has 35 heavy (non-hydrogen) atoms. The van der Waals surface area contributed by atoms with E-state index in [0.29, 0.717) is 13.0 Å². The lowest BCUT2D eigenvalue weighted by Crippen LogP contribution is -2.22. The van der Waals surface area contributed by atoms with Crippen molar-refractivity contribution in [1.29, 1.82) is 0 Å². The summed E-state index contributed by atoms with van der Waals surface area (Å²) in [5, 5.41) is 11.7. The summed E-state index contributed by atoms with van der Waals surface area (Å²) in [6.07, 6.45) is 13.0. The van der Waals surface area contributed by atoms with Crippen LogP contribution in [0.3, 0.4) is 0 Å². The van der Waals surface area contributed by atoms with E-state index in [1.807, 2.05) is 49.9 Å². The zero-order valence-corrected chi connectivity index (χ0v) is 22.9. The van der Waals surface area contributed by atoms with Crippen molar-refractivity contribution >= 4 is 22.7 Å². The average molecular weight is 497 g/mol. The van der Waals surface area contributed by atoms with Gasteiger partial charge < -0.3 is 14.8 Å². The molecule has 2 heterocycles. The van der Waals surface area contributed by atoms with Gasteiger partial charge in [-0.05, 0) is 68.7 Å². The van der Waals surface area contributed by atoms with Crippen molar-refractivity contribution in [3.05, 3.63) is 54.0 Å². The number of hydrogen-bond donors (Lipinski definition) is 2. The van der Waals surface area contributed by atoms with E-state index in [4.69, 9.17) is 4.74 Å². The molecule has 0 aliphatic rings. The quantitative estimate of drug-likeness (QED) is 0.155. The lowest BCUT2D eigenvalue weighted by Gasteiger charge is -2.18. The standard InChI is InChI=1S/C30H44N2O2S/c1-5-7-12-23(13-8-6-2)14-11-19-35-29-26-20-25(34-22-24-15-9-10-18-31-24)16-17-27(26)32-28(29)21-30(3,4)33/h9-10,15-18,20,23,32-33H,5-8,11-14,19,21-22H2,1-4H3. The largest absolute Gasteiger partial charge is 0.487 e. The Bertz CT molecular complexity index is 1000. The number of H-pyrrole nitrogens is 1. The molecule has 0 saturated carbocycles. The van der Waals surface area contributed by atoms with Gasteiger partial charge >= 0.3 is 0 Å². The molecule has 3 aromatic rings. The molecule has 2 N–H and O–H groups in total. The van der Waals surface area contributed by atoms with Crippen LogP contribution in [-0.2, 0) is 13.0 Å². The van der Waals surface area contributed by atoms with Gasteiger partial charge in [0.15, 0.2) is 0 Å². The number of fused-ring (bicyclic) bond motifs is 1. The van der Waals surface area contributed by atoms with Crippen molar-refractivity contribution in [2.75, 3.05) is 5.75 Å². The summed E-state index contributed by atoms with van der Waals surface area (Å²) in [4.78, 5) is 9.19. The summed E-state index contributed by atoms with van der Waals surface area (Å²) in [7, 11) is 0. The number of benzene rings is 1. The highest BCUT2D eigenvalue weighted by atomic mass is 32.2.